The van der Waals surface area contributed by atoms with E-state index in [1.165, 1.54) is 11.3 Å². The van der Waals surface area contributed by atoms with E-state index < -0.39 is 6.55 Å². The number of thiophene rings is 1. The maximum absolute atomic E-state index is 13.2. The average molecular weight is 307 g/mol. The highest BCUT2D eigenvalue weighted by molar-refractivity contribution is 7.12. The van der Waals surface area contributed by atoms with E-state index in [0.29, 0.717) is 21.7 Å². The van der Waals surface area contributed by atoms with Gasteiger partial charge in [0.1, 0.15) is 0 Å². The summed E-state index contributed by atoms with van der Waals surface area (Å²) in [7, 11) is 0. The second-order valence-corrected chi connectivity index (χ2v) is 5.62. The fourth-order valence-corrected chi connectivity index (χ4v) is 3.14. The van der Waals surface area contributed by atoms with Crippen molar-refractivity contribution in [1.29, 1.82) is 0 Å². The minimum Gasteiger partial charge on any atom is -0.289 e. The van der Waals surface area contributed by atoms with Gasteiger partial charge in [0.15, 0.2) is 17.6 Å². The predicted molar refractivity (Wildman–Crippen MR) is 76.8 cm³/mol. The van der Waals surface area contributed by atoms with Crippen molar-refractivity contribution in [3.8, 4) is 0 Å². The van der Waals surface area contributed by atoms with Crippen molar-refractivity contribution in [2.75, 3.05) is 0 Å². The number of imidazole rings is 1. The molecule has 0 unspecified atom stereocenters. The third-order valence-corrected chi connectivity index (χ3v) is 4.38. The van der Waals surface area contributed by atoms with Gasteiger partial charge < -0.3 is 0 Å². The molecule has 0 saturated carbocycles. The van der Waals surface area contributed by atoms with Gasteiger partial charge in [0.2, 0.25) is 5.78 Å². The quantitative estimate of drug-likeness (QED) is 0.534. The van der Waals surface area contributed by atoms with Gasteiger partial charge >= 0.3 is 6.55 Å². The van der Waals surface area contributed by atoms with E-state index >= 15 is 0 Å². The number of rotatable bonds is 4. The summed E-state index contributed by atoms with van der Waals surface area (Å²) in [6.07, 6.45) is 0. The van der Waals surface area contributed by atoms with Crippen LogP contribution in [0.4, 0.5) is 8.78 Å². The molecule has 0 N–H and O–H groups in total. The lowest BCUT2D eigenvalue weighted by Crippen LogP contribution is -2.40. The highest BCUT2D eigenvalue weighted by Crippen LogP contribution is 2.21. The Hall–Kier alpha value is -2.08. The van der Waals surface area contributed by atoms with E-state index in [1.807, 2.05) is 5.38 Å². The highest BCUT2D eigenvalue weighted by Gasteiger charge is 2.28. The van der Waals surface area contributed by atoms with E-state index in [1.54, 1.807) is 47.9 Å². The maximum atomic E-state index is 13.2. The van der Waals surface area contributed by atoms with Crippen LogP contribution in [-0.4, -0.2) is 10.4 Å². The van der Waals surface area contributed by atoms with Gasteiger partial charge in [-0.05, 0) is 23.6 Å². The third-order valence-electron chi connectivity index (χ3n) is 3.46. The molecule has 0 aliphatic rings. The number of para-hydroxylation sites is 2. The van der Waals surface area contributed by atoms with Crippen LogP contribution < -0.4 is 4.57 Å². The Balaban J connectivity index is 2.10. The minimum atomic E-state index is -2.63. The Morgan fingerprint density at radius 1 is 1.29 bits per heavy atom. The van der Waals surface area contributed by atoms with Crippen LogP contribution in [0.5, 0.6) is 0 Å². The summed E-state index contributed by atoms with van der Waals surface area (Å²) in [6.45, 7) is -0.964. The lowest BCUT2D eigenvalue weighted by Gasteiger charge is -1.99. The molecule has 0 amide bonds. The zero-order chi connectivity index (χ0) is 15.0. The number of halogens is 2. The molecule has 0 aliphatic carbocycles. The molecule has 0 atom stereocenters. The molecule has 0 aliphatic heterocycles. The Kier molecular flexibility index (Phi) is 3.55. The van der Waals surface area contributed by atoms with Gasteiger partial charge in [0.25, 0.3) is 5.82 Å². The summed E-state index contributed by atoms with van der Waals surface area (Å²) >= 11 is 1.36. The number of benzene rings is 1. The molecule has 2 aromatic heterocycles. The Morgan fingerprint density at radius 3 is 2.71 bits per heavy atom. The van der Waals surface area contributed by atoms with Crippen molar-refractivity contribution in [2.24, 2.45) is 0 Å². The first-order chi connectivity index (χ1) is 10.1. The molecular weight excluding hydrogens is 294 g/mol. The number of aromatic nitrogens is 2. The summed E-state index contributed by atoms with van der Waals surface area (Å²) < 4.78 is 29.1. The lowest BCUT2D eigenvalue weighted by molar-refractivity contribution is -0.664. The molecule has 21 heavy (non-hydrogen) atoms. The van der Waals surface area contributed by atoms with Crippen LogP contribution in [0.25, 0.3) is 11.0 Å². The number of nitrogens with zero attached hydrogens (tertiary/aromatic N) is 2. The lowest BCUT2D eigenvalue weighted by atomic mass is 10.3. The van der Waals surface area contributed by atoms with Crippen LogP contribution in [0.1, 0.15) is 22.0 Å². The largest absolute Gasteiger partial charge is 0.387 e. The first-order valence-corrected chi connectivity index (χ1v) is 7.32. The van der Waals surface area contributed by atoms with Crippen molar-refractivity contribution in [1.82, 2.24) is 4.57 Å². The number of Topliss-reactive ketones (excluding diaryl/α,β-unsaturated/α-hetero) is 1. The van der Waals surface area contributed by atoms with Gasteiger partial charge in [-0.25, -0.2) is 4.57 Å². The number of carbonyl (C=O) groups excluding carboxylic acids is 1. The van der Waals surface area contributed by atoms with Crippen molar-refractivity contribution in [3.63, 3.8) is 0 Å². The van der Waals surface area contributed by atoms with Crippen LogP contribution in [-0.2, 0) is 6.54 Å². The number of alkyl halides is 2. The van der Waals surface area contributed by atoms with E-state index in [4.69, 9.17) is 0 Å². The molecule has 2 heterocycles. The van der Waals surface area contributed by atoms with Crippen LogP contribution in [0.3, 0.4) is 0 Å². The zero-order valence-electron chi connectivity index (χ0n) is 11.3. The molecular formula is C15H13F2N2OS+. The van der Waals surface area contributed by atoms with Crippen molar-refractivity contribution < 1.29 is 18.1 Å². The van der Waals surface area contributed by atoms with Crippen LogP contribution in [0, 0.1) is 6.92 Å². The Morgan fingerprint density at radius 2 is 2.05 bits per heavy atom. The highest BCUT2D eigenvalue weighted by atomic mass is 32.1. The fourth-order valence-electron chi connectivity index (χ4n) is 2.48. The van der Waals surface area contributed by atoms with E-state index in [-0.39, 0.29) is 12.3 Å². The van der Waals surface area contributed by atoms with E-state index in [0.717, 1.165) is 4.57 Å². The minimum absolute atomic E-state index is 0.0621. The molecule has 0 bridgehead atoms. The Labute approximate surface area is 124 Å². The van der Waals surface area contributed by atoms with Gasteiger partial charge in [-0.1, -0.05) is 18.2 Å². The molecule has 0 spiro atoms. The number of fused-ring (bicyclic) bond motifs is 1. The van der Waals surface area contributed by atoms with Crippen LogP contribution in [0.2, 0.25) is 0 Å². The summed E-state index contributed by atoms with van der Waals surface area (Å²) in [5, 5.41) is 1.83. The summed E-state index contributed by atoms with van der Waals surface area (Å²) in [5.41, 5.74) is 1.07. The molecule has 0 fully saturated rings. The molecule has 0 saturated heterocycles. The van der Waals surface area contributed by atoms with Crippen molar-refractivity contribution in [3.05, 3.63) is 52.5 Å². The van der Waals surface area contributed by atoms with E-state index in [9.17, 15) is 13.6 Å². The van der Waals surface area contributed by atoms with Crippen molar-refractivity contribution in [2.45, 2.75) is 20.0 Å². The van der Waals surface area contributed by atoms with Crippen molar-refractivity contribution >= 4 is 28.2 Å². The van der Waals surface area contributed by atoms with E-state index in [2.05, 4.69) is 0 Å². The van der Waals surface area contributed by atoms with Gasteiger partial charge in [-0.3, -0.25) is 4.79 Å². The fraction of sp³-hybridized carbons (Fsp3) is 0.200. The average Bonchev–Trinajstić information content (AvgIpc) is 3.06. The molecule has 1 aromatic carbocycles. The molecule has 3 aromatic rings. The molecule has 108 valence electrons. The molecule has 3 nitrogen and oxygen atoms in total. The molecule has 0 radical (unpaired) electrons. The normalized spacial score (nSPS) is 11.4. The monoisotopic (exact) mass is 307 g/mol. The predicted octanol–water partition coefficient (Wildman–Crippen LogP) is 3.58. The number of hydrogen-bond acceptors (Lipinski definition) is 2. The van der Waals surface area contributed by atoms with Gasteiger partial charge in [-0.2, -0.15) is 13.3 Å². The van der Waals surface area contributed by atoms with Gasteiger partial charge in [0, 0.05) is 6.92 Å². The van der Waals surface area contributed by atoms with Gasteiger partial charge in [-0.15, -0.1) is 11.3 Å². The topological polar surface area (TPSA) is 25.9 Å². The SMILES string of the molecule is Cc1n(C(F)F)c2ccccc2[n+]1CC(=O)c1cccs1. The molecule has 6 heteroatoms. The van der Waals surface area contributed by atoms with Gasteiger partial charge in [0.05, 0.1) is 4.88 Å². The second-order valence-electron chi connectivity index (χ2n) is 4.67. The zero-order valence-corrected chi connectivity index (χ0v) is 12.1. The second kappa shape index (κ2) is 5.37. The first-order valence-electron chi connectivity index (χ1n) is 6.44. The summed E-state index contributed by atoms with van der Waals surface area (Å²) in [5.74, 6) is 0.298. The number of hydrogen-bond donors (Lipinski definition) is 0. The number of ketones is 1. The Bertz CT molecular complexity index is 793. The summed E-state index contributed by atoms with van der Waals surface area (Å²) in [6, 6.07) is 10.4. The number of carbonyl (C=O) groups is 1. The van der Waals surface area contributed by atoms with Crippen LogP contribution in [0.15, 0.2) is 41.8 Å². The van der Waals surface area contributed by atoms with Crippen LogP contribution >= 0.6 is 11.3 Å². The first kappa shape index (κ1) is 13.9. The third kappa shape index (κ3) is 2.35. The summed E-state index contributed by atoms with van der Waals surface area (Å²) in [4.78, 5) is 12.9. The molecule has 3 rings (SSSR count). The standard InChI is InChI=1S/C15H13F2N2OS/c1-10-18(9-13(20)14-7-4-8-21-14)11-5-2-3-6-12(11)19(10)15(16)17/h2-8,15H,9H2,1H3/q+1. The smallest absolute Gasteiger partial charge is 0.289 e. The maximum Gasteiger partial charge on any atom is 0.387 e.